The molecule has 2 N–H and O–H groups in total. The lowest BCUT2D eigenvalue weighted by molar-refractivity contribution is 0.0970. The monoisotopic (exact) mass is 241 g/mol. The van der Waals surface area contributed by atoms with Crippen LogP contribution >= 0.6 is 0 Å². The largest absolute Gasteiger partial charge is 0.507 e. The lowest BCUT2D eigenvalue weighted by Gasteiger charge is -2.17. The summed E-state index contributed by atoms with van der Waals surface area (Å²) in [5.74, 6) is -1.73. The maximum atomic E-state index is 12.2. The van der Waals surface area contributed by atoms with E-state index in [0.29, 0.717) is 0 Å². The summed E-state index contributed by atoms with van der Waals surface area (Å²) in [7, 11) is 0. The first-order valence-corrected chi connectivity index (χ1v) is 5.20. The predicted molar refractivity (Wildman–Crippen MR) is 60.9 cm³/mol. The zero-order valence-corrected chi connectivity index (χ0v) is 9.04. The summed E-state index contributed by atoms with van der Waals surface area (Å²) in [5.41, 5.74) is -0.224. The van der Waals surface area contributed by atoms with Gasteiger partial charge in [-0.3, -0.25) is 14.6 Å². The Kier molecular flexibility index (Phi) is 1.98. The van der Waals surface area contributed by atoms with Crippen molar-refractivity contribution in [3.63, 3.8) is 0 Å². The molecule has 0 fully saturated rings. The molecule has 0 saturated carbocycles. The molecule has 5 heteroatoms. The molecule has 0 unspecified atom stereocenters. The number of phenolic OH excluding ortho intramolecular Hbond substituents is 2. The molecule has 0 atom stereocenters. The van der Waals surface area contributed by atoms with Crippen molar-refractivity contribution in [1.82, 2.24) is 4.98 Å². The van der Waals surface area contributed by atoms with Crippen LogP contribution in [-0.2, 0) is 0 Å². The minimum Gasteiger partial charge on any atom is -0.507 e. The Morgan fingerprint density at radius 2 is 1.50 bits per heavy atom. The number of benzene rings is 1. The zero-order chi connectivity index (χ0) is 12.9. The third-order valence-corrected chi connectivity index (χ3v) is 2.88. The van der Waals surface area contributed by atoms with E-state index in [9.17, 15) is 19.8 Å². The topological polar surface area (TPSA) is 87.5 Å². The van der Waals surface area contributed by atoms with E-state index in [0.717, 1.165) is 0 Å². The van der Waals surface area contributed by atoms with Gasteiger partial charge in [0.05, 0.1) is 16.7 Å². The van der Waals surface area contributed by atoms with Crippen molar-refractivity contribution in [2.75, 3.05) is 0 Å². The SMILES string of the molecule is O=C1c2cccnc2C(=O)c2c(O)ccc(O)c21. The molecule has 0 aliphatic heterocycles. The van der Waals surface area contributed by atoms with Gasteiger partial charge in [-0.2, -0.15) is 0 Å². The third-order valence-electron chi connectivity index (χ3n) is 2.88. The Morgan fingerprint density at radius 3 is 2.17 bits per heavy atom. The highest BCUT2D eigenvalue weighted by atomic mass is 16.3. The second-order valence-electron chi connectivity index (χ2n) is 3.91. The molecular formula is C13H7NO4. The van der Waals surface area contributed by atoms with Crippen molar-refractivity contribution in [3.05, 3.63) is 52.8 Å². The number of hydrogen-bond donors (Lipinski definition) is 2. The number of nitrogens with zero attached hydrogens (tertiary/aromatic N) is 1. The van der Waals surface area contributed by atoms with Crippen LogP contribution in [0.2, 0.25) is 0 Å². The summed E-state index contributed by atoms with van der Waals surface area (Å²) in [6.45, 7) is 0. The van der Waals surface area contributed by atoms with Crippen LogP contribution in [0.3, 0.4) is 0 Å². The third kappa shape index (κ3) is 1.18. The quantitative estimate of drug-likeness (QED) is 0.578. The molecule has 0 bridgehead atoms. The molecular weight excluding hydrogens is 234 g/mol. The Hall–Kier alpha value is -2.69. The molecule has 5 nitrogen and oxygen atoms in total. The summed E-state index contributed by atoms with van der Waals surface area (Å²) in [4.78, 5) is 28.2. The van der Waals surface area contributed by atoms with Crippen molar-refractivity contribution in [3.8, 4) is 11.5 Å². The van der Waals surface area contributed by atoms with Gasteiger partial charge in [-0.15, -0.1) is 0 Å². The highest BCUT2D eigenvalue weighted by molar-refractivity contribution is 6.29. The molecule has 18 heavy (non-hydrogen) atoms. The number of carbonyl (C=O) groups excluding carboxylic acids is 2. The van der Waals surface area contributed by atoms with Crippen LogP contribution in [0.4, 0.5) is 0 Å². The lowest BCUT2D eigenvalue weighted by Crippen LogP contribution is -2.22. The Balaban J connectivity index is 2.41. The zero-order valence-electron chi connectivity index (χ0n) is 9.04. The van der Waals surface area contributed by atoms with Gasteiger partial charge >= 0.3 is 0 Å². The lowest BCUT2D eigenvalue weighted by atomic mass is 9.86. The number of ketones is 2. The van der Waals surface area contributed by atoms with Crippen LogP contribution in [0.25, 0.3) is 0 Å². The van der Waals surface area contributed by atoms with E-state index < -0.39 is 11.6 Å². The van der Waals surface area contributed by atoms with Gasteiger partial charge in [0.1, 0.15) is 17.2 Å². The standard InChI is InChI=1S/C13H7NO4/c15-7-3-4-8(16)10-9(7)12(17)6-2-1-5-14-11(6)13(10)18/h1-5,15-16H. The summed E-state index contributed by atoms with van der Waals surface area (Å²) >= 11 is 0. The first kappa shape index (κ1) is 10.5. The van der Waals surface area contributed by atoms with Gasteiger partial charge in [0.25, 0.3) is 0 Å². The number of aromatic hydroxyl groups is 2. The van der Waals surface area contributed by atoms with Gasteiger partial charge in [-0.05, 0) is 24.3 Å². The Labute approximate surface area is 101 Å². The van der Waals surface area contributed by atoms with Crippen LogP contribution in [0.15, 0.2) is 30.5 Å². The van der Waals surface area contributed by atoms with E-state index in [1.165, 1.54) is 30.5 Å². The van der Waals surface area contributed by atoms with E-state index in [1.807, 2.05) is 0 Å². The maximum absolute atomic E-state index is 12.2. The number of hydrogen-bond acceptors (Lipinski definition) is 5. The van der Waals surface area contributed by atoms with Gasteiger partial charge in [0.2, 0.25) is 5.78 Å². The number of aromatic nitrogens is 1. The van der Waals surface area contributed by atoms with Crippen molar-refractivity contribution in [1.29, 1.82) is 0 Å². The highest BCUT2D eigenvalue weighted by Gasteiger charge is 2.34. The number of pyridine rings is 1. The van der Waals surface area contributed by atoms with E-state index >= 15 is 0 Å². The van der Waals surface area contributed by atoms with Gasteiger partial charge in [0.15, 0.2) is 5.78 Å². The van der Waals surface area contributed by atoms with E-state index in [-0.39, 0.29) is 33.9 Å². The van der Waals surface area contributed by atoms with Crippen LogP contribution in [0, 0.1) is 0 Å². The number of carbonyl (C=O) groups is 2. The average Bonchev–Trinajstić information content (AvgIpc) is 2.38. The number of phenols is 2. The van der Waals surface area contributed by atoms with Gasteiger partial charge in [-0.25, -0.2) is 0 Å². The van der Waals surface area contributed by atoms with Crippen LogP contribution in [0.5, 0.6) is 11.5 Å². The van der Waals surface area contributed by atoms with Crippen molar-refractivity contribution in [2.45, 2.75) is 0 Å². The van der Waals surface area contributed by atoms with Gasteiger partial charge < -0.3 is 10.2 Å². The Morgan fingerprint density at radius 1 is 0.889 bits per heavy atom. The summed E-state index contributed by atoms with van der Waals surface area (Å²) in [5, 5.41) is 19.4. The average molecular weight is 241 g/mol. The van der Waals surface area contributed by atoms with Crippen LogP contribution in [-0.4, -0.2) is 26.8 Å². The minimum absolute atomic E-state index is 0.00380. The van der Waals surface area contributed by atoms with E-state index in [1.54, 1.807) is 0 Å². The Bertz CT molecular complexity index is 646. The number of fused-ring (bicyclic) bond motifs is 2. The van der Waals surface area contributed by atoms with Gasteiger partial charge in [-0.1, -0.05) is 0 Å². The summed E-state index contributed by atoms with van der Waals surface area (Å²) in [6.07, 6.45) is 1.40. The second-order valence-corrected chi connectivity index (χ2v) is 3.91. The first-order valence-electron chi connectivity index (χ1n) is 5.20. The predicted octanol–water partition coefficient (Wildman–Crippen LogP) is 1.27. The fourth-order valence-electron chi connectivity index (χ4n) is 2.06. The molecule has 1 aromatic heterocycles. The molecule has 1 aliphatic carbocycles. The molecule has 1 aliphatic rings. The van der Waals surface area contributed by atoms with Crippen LogP contribution < -0.4 is 0 Å². The molecule has 0 radical (unpaired) electrons. The molecule has 0 spiro atoms. The van der Waals surface area contributed by atoms with E-state index in [4.69, 9.17) is 0 Å². The second kappa shape index (κ2) is 3.40. The molecule has 88 valence electrons. The summed E-state index contributed by atoms with van der Waals surface area (Å²) < 4.78 is 0. The molecule has 2 aromatic rings. The molecule has 1 heterocycles. The van der Waals surface area contributed by atoms with Crippen molar-refractivity contribution >= 4 is 11.6 Å². The fraction of sp³-hybridized carbons (Fsp3) is 0. The van der Waals surface area contributed by atoms with Crippen LogP contribution in [0.1, 0.15) is 32.0 Å². The first-order chi connectivity index (χ1) is 8.61. The minimum atomic E-state index is -0.561. The fourth-order valence-corrected chi connectivity index (χ4v) is 2.06. The molecule has 1 aromatic carbocycles. The van der Waals surface area contributed by atoms with Crippen molar-refractivity contribution in [2.24, 2.45) is 0 Å². The van der Waals surface area contributed by atoms with E-state index in [2.05, 4.69) is 4.98 Å². The smallest absolute Gasteiger partial charge is 0.216 e. The molecule has 3 rings (SSSR count). The highest BCUT2D eigenvalue weighted by Crippen LogP contribution is 2.36. The summed E-state index contributed by atoms with van der Waals surface area (Å²) in [6, 6.07) is 5.36. The van der Waals surface area contributed by atoms with Gasteiger partial charge in [0, 0.05) is 6.20 Å². The molecule has 0 amide bonds. The van der Waals surface area contributed by atoms with Crippen molar-refractivity contribution < 1.29 is 19.8 Å². The normalized spacial score (nSPS) is 13.1. The number of rotatable bonds is 0. The molecule has 0 saturated heterocycles. The maximum Gasteiger partial charge on any atom is 0.216 e.